The van der Waals surface area contributed by atoms with Gasteiger partial charge in [-0.2, -0.15) is 26.3 Å². The molecule has 0 bridgehead atoms. The third kappa shape index (κ3) is 10.5. The fourth-order valence-corrected chi connectivity index (χ4v) is 4.56. The van der Waals surface area contributed by atoms with E-state index in [1.165, 1.54) is 24.1 Å². The number of rotatable bonds is 5. The Morgan fingerprint density at radius 1 is 1.05 bits per heavy atom. The molecule has 244 valence electrons. The van der Waals surface area contributed by atoms with Crippen molar-refractivity contribution >= 4 is 17.9 Å². The molecule has 0 radical (unpaired) electrons. The van der Waals surface area contributed by atoms with Crippen LogP contribution >= 0.6 is 0 Å². The fourth-order valence-electron chi connectivity index (χ4n) is 4.56. The molecule has 2 fully saturated rings. The number of likely N-dealkylation sites (tertiary alicyclic amines) is 1. The average Bonchev–Trinajstić information content (AvgIpc) is 3.63. The molecule has 3 N–H and O–H groups in total. The van der Waals surface area contributed by atoms with Crippen molar-refractivity contribution in [3.05, 3.63) is 47.3 Å². The largest absolute Gasteiger partial charge is 0.490 e. The highest BCUT2D eigenvalue weighted by Gasteiger charge is 2.45. The van der Waals surface area contributed by atoms with Gasteiger partial charge in [-0.15, -0.1) is 0 Å². The Hall–Kier alpha value is -3.66. The predicted octanol–water partition coefficient (Wildman–Crippen LogP) is 5.17. The first kappa shape index (κ1) is 34.8. The molecule has 1 saturated heterocycles. The Balaban J connectivity index is 0.000000317. The van der Waals surface area contributed by atoms with Gasteiger partial charge in [0.05, 0.1) is 24.3 Å². The topological polar surface area (TPSA) is 134 Å². The third-order valence-corrected chi connectivity index (χ3v) is 6.58. The van der Waals surface area contributed by atoms with Crippen molar-refractivity contribution in [3.8, 4) is 5.75 Å². The fraction of sp³-hybridized carbons (Fsp3) is 0.571. The van der Waals surface area contributed by atoms with E-state index in [0.29, 0.717) is 12.6 Å². The molecule has 1 aliphatic carbocycles. The van der Waals surface area contributed by atoms with Crippen LogP contribution in [-0.2, 0) is 32.9 Å². The van der Waals surface area contributed by atoms with E-state index >= 15 is 0 Å². The maximum absolute atomic E-state index is 10.6. The number of benzene rings is 1. The maximum atomic E-state index is 10.6. The number of carboxylic acids is 2. The quantitative estimate of drug-likeness (QED) is 0.378. The van der Waals surface area contributed by atoms with E-state index in [0.717, 1.165) is 49.9 Å². The lowest BCUT2D eigenvalue weighted by Crippen LogP contribution is -2.40. The number of carbonyl (C=O) groups is 2. The van der Waals surface area contributed by atoms with Gasteiger partial charge in [-0.25, -0.2) is 19.6 Å². The van der Waals surface area contributed by atoms with E-state index in [1.807, 2.05) is 6.20 Å². The number of hydrogen-bond donors (Lipinski definition) is 3. The first-order valence-electron chi connectivity index (χ1n) is 13.6. The van der Waals surface area contributed by atoms with Crippen LogP contribution in [0.15, 0.2) is 30.5 Å². The van der Waals surface area contributed by atoms with Gasteiger partial charge < -0.3 is 25.0 Å². The van der Waals surface area contributed by atoms with Crippen LogP contribution in [0.2, 0.25) is 0 Å². The summed E-state index contributed by atoms with van der Waals surface area (Å²) in [5.74, 6) is -3.81. The van der Waals surface area contributed by atoms with Crippen LogP contribution in [0.25, 0.3) is 0 Å². The highest BCUT2D eigenvalue weighted by Crippen LogP contribution is 2.40. The average molecular weight is 637 g/mol. The van der Waals surface area contributed by atoms with Gasteiger partial charge in [0.1, 0.15) is 11.4 Å². The molecule has 2 aliphatic heterocycles. The van der Waals surface area contributed by atoms with Crippen LogP contribution in [0, 0.1) is 0 Å². The van der Waals surface area contributed by atoms with E-state index in [2.05, 4.69) is 60.2 Å². The van der Waals surface area contributed by atoms with Crippen LogP contribution in [0.5, 0.6) is 5.75 Å². The number of fused-ring (bicyclic) bond motifs is 2. The molecule has 1 atom stereocenters. The lowest BCUT2D eigenvalue weighted by molar-refractivity contribution is -0.193. The molecule has 16 heteroatoms. The van der Waals surface area contributed by atoms with E-state index in [9.17, 15) is 26.3 Å². The van der Waals surface area contributed by atoms with Gasteiger partial charge in [-0.3, -0.25) is 4.90 Å². The number of aliphatic carboxylic acids is 2. The molecule has 1 unspecified atom stereocenters. The zero-order valence-electron chi connectivity index (χ0n) is 24.3. The summed E-state index contributed by atoms with van der Waals surface area (Å²) >= 11 is 0. The molecule has 10 nitrogen and oxygen atoms in total. The van der Waals surface area contributed by atoms with E-state index < -0.39 is 24.3 Å². The lowest BCUT2D eigenvalue weighted by Gasteiger charge is -2.34. The molecular weight excluding hydrogens is 602 g/mol. The molecule has 0 amide bonds. The molecule has 5 rings (SSSR count). The van der Waals surface area contributed by atoms with Crippen LogP contribution in [0.3, 0.4) is 0 Å². The van der Waals surface area contributed by atoms with Gasteiger partial charge in [0.15, 0.2) is 0 Å². The van der Waals surface area contributed by atoms with E-state index in [4.69, 9.17) is 34.3 Å². The van der Waals surface area contributed by atoms with Crippen molar-refractivity contribution in [2.45, 2.75) is 82.6 Å². The summed E-state index contributed by atoms with van der Waals surface area (Å²) in [7, 11) is 0. The van der Waals surface area contributed by atoms with Crippen molar-refractivity contribution < 1.29 is 55.6 Å². The Morgan fingerprint density at radius 3 is 2.11 bits per heavy atom. The Kier molecular flexibility index (Phi) is 10.7. The monoisotopic (exact) mass is 636 g/mol. The number of halogens is 6. The number of nitrogens with zero attached hydrogens (tertiary/aromatic N) is 3. The Morgan fingerprint density at radius 2 is 1.61 bits per heavy atom. The highest BCUT2D eigenvalue weighted by molar-refractivity contribution is 5.73. The first-order valence-corrected chi connectivity index (χ1v) is 13.6. The standard InChI is InChI=1S/C24H32N4O2.2C2HF3O2/c1-23(2,3)30-20-8-4-17(5-9-20)13-28-11-10-24(15-28)16-29-14-18-12-25-22(27-21(18)24)26-19-6-7-19;2*3-2(4,5)1(6)7/h4-5,8-9,12,19H,6-7,10-11,13-16H2,1-3H3,(H,25,26,27);2*(H,6,7). The molecular formula is C28H34F6N4O6. The first-order chi connectivity index (χ1) is 20.3. The number of anilines is 1. The Bertz CT molecular complexity index is 1270. The number of carboxylic acid groups (broad SMARTS) is 2. The molecule has 1 saturated carbocycles. The summed E-state index contributed by atoms with van der Waals surface area (Å²) in [6.45, 7) is 10.5. The van der Waals surface area contributed by atoms with Gasteiger partial charge in [0.25, 0.3) is 0 Å². The summed E-state index contributed by atoms with van der Waals surface area (Å²) < 4.78 is 75.4. The molecule has 1 aromatic carbocycles. The van der Waals surface area contributed by atoms with Crippen molar-refractivity contribution in [3.63, 3.8) is 0 Å². The maximum Gasteiger partial charge on any atom is 0.490 e. The highest BCUT2D eigenvalue weighted by atomic mass is 19.4. The summed E-state index contributed by atoms with van der Waals surface area (Å²) in [6, 6.07) is 9.07. The normalized spacial score (nSPS) is 20.0. The van der Waals surface area contributed by atoms with Crippen LogP contribution in [0.4, 0.5) is 32.3 Å². The lowest BCUT2D eigenvalue weighted by atomic mass is 9.80. The molecule has 3 aliphatic rings. The van der Waals surface area contributed by atoms with E-state index in [-0.39, 0.29) is 11.0 Å². The number of alkyl halides is 6. The van der Waals surface area contributed by atoms with Crippen LogP contribution in [0.1, 0.15) is 56.9 Å². The van der Waals surface area contributed by atoms with E-state index in [1.54, 1.807) is 0 Å². The Labute approximate surface area is 249 Å². The van der Waals surface area contributed by atoms with Crippen LogP contribution < -0.4 is 10.1 Å². The van der Waals surface area contributed by atoms with Gasteiger partial charge >= 0.3 is 24.3 Å². The number of ether oxygens (including phenoxy) is 2. The SMILES string of the molecule is CC(C)(C)Oc1ccc(CN2CCC3(COCc4cnc(NC5CC5)nc43)C2)cc1.O=C(O)C(F)(F)F.O=C(O)C(F)(F)F. The number of hydrogen-bond acceptors (Lipinski definition) is 8. The van der Waals surface area contributed by atoms with Crippen LogP contribution in [-0.4, -0.2) is 80.7 Å². The zero-order chi connectivity index (χ0) is 32.9. The number of nitrogens with one attached hydrogen (secondary N) is 1. The molecule has 1 spiro atoms. The summed E-state index contributed by atoms with van der Waals surface area (Å²) in [5.41, 5.74) is 3.46. The number of aromatic nitrogens is 2. The van der Waals surface area contributed by atoms with Gasteiger partial charge in [-0.05, 0) is 64.3 Å². The minimum absolute atomic E-state index is 0.0220. The molecule has 3 heterocycles. The molecule has 2 aromatic rings. The zero-order valence-corrected chi connectivity index (χ0v) is 24.3. The second-order valence-electron chi connectivity index (χ2n) is 11.7. The minimum atomic E-state index is -5.08. The van der Waals surface area contributed by atoms with Gasteiger partial charge in [-0.1, -0.05) is 12.1 Å². The summed E-state index contributed by atoms with van der Waals surface area (Å²) in [4.78, 5) is 29.8. The van der Waals surface area contributed by atoms with Crippen molar-refractivity contribution in [1.82, 2.24) is 14.9 Å². The predicted molar refractivity (Wildman–Crippen MR) is 144 cm³/mol. The molecule has 44 heavy (non-hydrogen) atoms. The van der Waals surface area contributed by atoms with Crippen molar-refractivity contribution in [1.29, 1.82) is 0 Å². The van der Waals surface area contributed by atoms with Crippen molar-refractivity contribution in [2.24, 2.45) is 0 Å². The second-order valence-corrected chi connectivity index (χ2v) is 11.7. The molecule has 1 aromatic heterocycles. The minimum Gasteiger partial charge on any atom is -0.488 e. The van der Waals surface area contributed by atoms with Crippen molar-refractivity contribution in [2.75, 3.05) is 25.0 Å². The smallest absolute Gasteiger partial charge is 0.488 e. The summed E-state index contributed by atoms with van der Waals surface area (Å²) in [6.07, 6.45) is -4.68. The summed E-state index contributed by atoms with van der Waals surface area (Å²) in [5, 5.41) is 17.7. The third-order valence-electron chi connectivity index (χ3n) is 6.58. The van der Waals surface area contributed by atoms with Gasteiger partial charge in [0.2, 0.25) is 5.95 Å². The van der Waals surface area contributed by atoms with Gasteiger partial charge in [0, 0.05) is 30.9 Å². The second kappa shape index (κ2) is 13.5.